The lowest BCUT2D eigenvalue weighted by Gasteiger charge is -2.59. The Morgan fingerprint density at radius 3 is 2.52 bits per heavy atom. The highest BCUT2D eigenvalue weighted by Crippen LogP contribution is 2.72. The molecule has 0 aromatic rings. The van der Waals surface area contributed by atoms with Gasteiger partial charge in [-0.2, -0.15) is 0 Å². The molecule has 0 amide bonds. The van der Waals surface area contributed by atoms with E-state index in [-0.39, 0.29) is 22.9 Å². The van der Waals surface area contributed by atoms with Gasteiger partial charge in [-0.1, -0.05) is 38.0 Å². The topological polar surface area (TPSA) is 37.3 Å². The molecule has 0 heterocycles. The maximum Gasteiger partial charge on any atom is 0.159 e. The van der Waals surface area contributed by atoms with Crippen molar-refractivity contribution in [2.75, 3.05) is 0 Å². The van der Waals surface area contributed by atoms with Crippen LogP contribution >= 0.6 is 0 Å². The molecule has 5 aliphatic rings. The first-order valence-electron chi connectivity index (χ1n) is 13.2. The summed E-state index contributed by atoms with van der Waals surface area (Å²) in [4.78, 5) is 13.7. The van der Waals surface area contributed by atoms with Crippen molar-refractivity contribution in [1.82, 2.24) is 0 Å². The molecule has 0 unspecified atom stereocenters. The SMILES string of the molecule is CC(C)=CCC[C@@H](C)[C@H]1CC[C@H]2[C@@H]3C(=O)C=C4C5(CC5)[C@@H](O)CC[C@]4(C)[C@H]3CC[C@]12C. The Hall–Kier alpha value is -0.890. The summed E-state index contributed by atoms with van der Waals surface area (Å²) in [5, 5.41) is 10.8. The average molecular weight is 425 g/mol. The van der Waals surface area contributed by atoms with E-state index in [0.29, 0.717) is 23.0 Å². The Morgan fingerprint density at radius 2 is 1.84 bits per heavy atom. The van der Waals surface area contributed by atoms with Gasteiger partial charge in [0.05, 0.1) is 6.10 Å². The van der Waals surface area contributed by atoms with Gasteiger partial charge in [0.2, 0.25) is 0 Å². The van der Waals surface area contributed by atoms with E-state index in [1.165, 1.54) is 49.7 Å². The van der Waals surface area contributed by atoms with Crippen molar-refractivity contribution in [1.29, 1.82) is 0 Å². The zero-order valence-electron chi connectivity index (χ0n) is 20.5. The van der Waals surface area contributed by atoms with Crippen LogP contribution in [-0.4, -0.2) is 17.0 Å². The van der Waals surface area contributed by atoms with Gasteiger partial charge < -0.3 is 5.11 Å². The van der Waals surface area contributed by atoms with E-state index in [1.54, 1.807) is 0 Å². The Balaban J connectivity index is 1.42. The lowest BCUT2D eigenvalue weighted by molar-refractivity contribution is -0.136. The second-order valence-electron chi connectivity index (χ2n) is 12.9. The van der Waals surface area contributed by atoms with Gasteiger partial charge in [0.1, 0.15) is 0 Å². The molecule has 172 valence electrons. The molecule has 2 nitrogen and oxygen atoms in total. The summed E-state index contributed by atoms with van der Waals surface area (Å²) >= 11 is 0. The molecule has 0 bridgehead atoms. The summed E-state index contributed by atoms with van der Waals surface area (Å²) in [7, 11) is 0. The molecule has 0 aromatic carbocycles. The van der Waals surface area contributed by atoms with Crippen LogP contribution in [0.5, 0.6) is 0 Å². The van der Waals surface area contributed by atoms with Crippen molar-refractivity contribution in [3.8, 4) is 0 Å². The van der Waals surface area contributed by atoms with Crippen LogP contribution in [0.3, 0.4) is 0 Å². The molecule has 31 heavy (non-hydrogen) atoms. The van der Waals surface area contributed by atoms with Crippen molar-refractivity contribution in [3.05, 3.63) is 23.3 Å². The monoisotopic (exact) mass is 424 g/mol. The van der Waals surface area contributed by atoms with Crippen LogP contribution in [0.25, 0.3) is 0 Å². The third kappa shape index (κ3) is 3.10. The molecule has 0 aliphatic heterocycles. The first-order chi connectivity index (χ1) is 14.6. The molecular weight excluding hydrogens is 380 g/mol. The smallest absolute Gasteiger partial charge is 0.159 e. The molecule has 0 radical (unpaired) electrons. The molecule has 4 saturated carbocycles. The van der Waals surface area contributed by atoms with Crippen LogP contribution in [-0.2, 0) is 4.79 Å². The van der Waals surface area contributed by atoms with E-state index >= 15 is 0 Å². The van der Waals surface area contributed by atoms with Gasteiger partial charge in [-0.15, -0.1) is 0 Å². The van der Waals surface area contributed by atoms with Crippen molar-refractivity contribution in [2.45, 2.75) is 105 Å². The first kappa shape index (κ1) is 21.9. The third-order valence-electron chi connectivity index (χ3n) is 11.2. The normalized spacial score (nSPS) is 45.9. The highest BCUT2D eigenvalue weighted by atomic mass is 16.3. The van der Waals surface area contributed by atoms with Crippen molar-refractivity contribution in [2.24, 2.45) is 45.8 Å². The van der Waals surface area contributed by atoms with Gasteiger partial charge in [0, 0.05) is 11.3 Å². The van der Waals surface area contributed by atoms with E-state index in [4.69, 9.17) is 0 Å². The van der Waals surface area contributed by atoms with E-state index in [2.05, 4.69) is 46.8 Å². The van der Waals surface area contributed by atoms with Crippen LogP contribution in [0, 0.1) is 45.8 Å². The minimum Gasteiger partial charge on any atom is -0.392 e. The fourth-order valence-corrected chi connectivity index (χ4v) is 9.33. The van der Waals surface area contributed by atoms with Crippen LogP contribution in [0.1, 0.15) is 98.8 Å². The van der Waals surface area contributed by atoms with Crippen LogP contribution in [0.2, 0.25) is 0 Å². The van der Waals surface area contributed by atoms with Gasteiger partial charge in [0.15, 0.2) is 5.78 Å². The molecule has 1 spiro atoms. The number of carbonyl (C=O) groups is 1. The second-order valence-corrected chi connectivity index (χ2v) is 12.9. The van der Waals surface area contributed by atoms with E-state index < -0.39 is 0 Å². The number of ketones is 1. The van der Waals surface area contributed by atoms with Gasteiger partial charge in [-0.3, -0.25) is 4.79 Å². The highest BCUT2D eigenvalue weighted by Gasteiger charge is 2.66. The van der Waals surface area contributed by atoms with Crippen LogP contribution in [0.15, 0.2) is 23.3 Å². The Labute approximate surface area is 190 Å². The van der Waals surface area contributed by atoms with E-state index in [9.17, 15) is 9.90 Å². The van der Waals surface area contributed by atoms with Crippen molar-refractivity contribution >= 4 is 5.78 Å². The third-order valence-corrected chi connectivity index (χ3v) is 11.2. The summed E-state index contributed by atoms with van der Waals surface area (Å²) in [5.74, 6) is 3.22. The Morgan fingerprint density at radius 1 is 1.10 bits per heavy atom. The highest BCUT2D eigenvalue weighted by molar-refractivity contribution is 5.95. The lowest BCUT2D eigenvalue weighted by atomic mass is 9.45. The van der Waals surface area contributed by atoms with Gasteiger partial charge in [-0.05, 0) is 119 Å². The zero-order chi connectivity index (χ0) is 22.2. The standard InChI is InChI=1S/C29H44O2/c1-18(2)7-6-8-19(3)20-9-10-21-26-22(11-13-27(20,21)4)28(5)14-12-25(31)29(15-16-29)24(28)17-23(26)30/h7,17,19-22,25-26,31H,6,8-16H2,1-5H3/t19-,20-,21+,22+,25+,26+,27-,28-/m1/s1. The molecule has 0 saturated heterocycles. The number of aliphatic hydroxyl groups excluding tert-OH is 1. The quantitative estimate of drug-likeness (QED) is 0.500. The molecule has 8 atom stereocenters. The summed E-state index contributed by atoms with van der Waals surface area (Å²) in [5.41, 5.74) is 3.22. The summed E-state index contributed by atoms with van der Waals surface area (Å²) in [6.07, 6.45) is 16.0. The zero-order valence-corrected chi connectivity index (χ0v) is 20.5. The maximum absolute atomic E-state index is 13.7. The molecule has 5 aliphatic carbocycles. The van der Waals surface area contributed by atoms with Gasteiger partial charge in [0.25, 0.3) is 0 Å². The van der Waals surface area contributed by atoms with Crippen LogP contribution < -0.4 is 0 Å². The lowest BCUT2D eigenvalue weighted by Crippen LogP contribution is -2.55. The minimum atomic E-state index is -0.220. The summed E-state index contributed by atoms with van der Waals surface area (Å²) < 4.78 is 0. The van der Waals surface area contributed by atoms with Gasteiger partial charge in [-0.25, -0.2) is 0 Å². The second kappa shape index (κ2) is 7.31. The molecule has 4 fully saturated rings. The molecule has 5 rings (SSSR count). The number of hydrogen-bond acceptors (Lipinski definition) is 2. The maximum atomic E-state index is 13.7. The number of fused-ring (bicyclic) bond motifs is 6. The summed E-state index contributed by atoms with van der Waals surface area (Å²) in [6, 6.07) is 0. The number of rotatable bonds is 4. The van der Waals surface area contributed by atoms with E-state index in [1.807, 2.05) is 0 Å². The van der Waals surface area contributed by atoms with Crippen molar-refractivity contribution in [3.63, 3.8) is 0 Å². The first-order valence-corrected chi connectivity index (χ1v) is 13.2. The largest absolute Gasteiger partial charge is 0.392 e. The Bertz CT molecular complexity index is 813. The number of carbonyl (C=O) groups excluding carboxylic acids is 1. The number of allylic oxidation sites excluding steroid dienone is 3. The molecule has 0 aromatic heterocycles. The minimum absolute atomic E-state index is 0.0357. The predicted molar refractivity (Wildman–Crippen MR) is 126 cm³/mol. The molecular formula is C29H44O2. The molecule has 2 heteroatoms. The Kier molecular flexibility index (Phi) is 5.17. The fourth-order valence-electron chi connectivity index (χ4n) is 9.33. The van der Waals surface area contributed by atoms with E-state index in [0.717, 1.165) is 37.5 Å². The number of aliphatic hydroxyl groups is 1. The average Bonchev–Trinajstić information content (AvgIpc) is 3.42. The predicted octanol–water partition coefficient (Wildman–Crippen LogP) is 6.88. The van der Waals surface area contributed by atoms with Crippen molar-refractivity contribution < 1.29 is 9.90 Å². The van der Waals surface area contributed by atoms with Gasteiger partial charge >= 0.3 is 0 Å². The fraction of sp³-hybridized carbons (Fsp3) is 0.828. The molecule has 1 N–H and O–H groups in total. The summed E-state index contributed by atoms with van der Waals surface area (Å²) in [6.45, 7) is 11.9. The van der Waals surface area contributed by atoms with Crippen LogP contribution in [0.4, 0.5) is 0 Å². The number of hydrogen-bond donors (Lipinski definition) is 1.